The van der Waals surface area contributed by atoms with E-state index in [2.05, 4.69) is 75.3 Å². The van der Waals surface area contributed by atoms with Crippen LogP contribution in [0, 0.1) is 13.8 Å². The number of aryl methyl sites for hydroxylation is 2. The average molecular weight is 594 g/mol. The minimum atomic E-state index is -0.246. The van der Waals surface area contributed by atoms with Crippen LogP contribution in [0.4, 0.5) is 10.5 Å². The normalized spacial score (nSPS) is 13.9. The third-order valence-electron chi connectivity index (χ3n) is 7.81. The van der Waals surface area contributed by atoms with E-state index >= 15 is 0 Å². The first kappa shape index (κ1) is 28.9. The van der Waals surface area contributed by atoms with Crippen molar-refractivity contribution in [1.29, 1.82) is 0 Å². The zero-order valence-corrected chi connectivity index (χ0v) is 25.2. The van der Waals surface area contributed by atoms with E-state index < -0.39 is 0 Å². The molecule has 1 N–H and O–H groups in total. The van der Waals surface area contributed by atoms with E-state index in [1.54, 1.807) is 4.90 Å². The third kappa shape index (κ3) is 7.75. The molecule has 6 nitrogen and oxygen atoms in total. The van der Waals surface area contributed by atoms with Gasteiger partial charge >= 0.3 is 6.03 Å². The number of benzene rings is 2. The quantitative estimate of drug-likeness (QED) is 0.279. The minimum Gasteiger partial charge on any atom is -0.345 e. The molecule has 0 radical (unpaired) electrons. The lowest BCUT2D eigenvalue weighted by Crippen LogP contribution is -2.50. The molecule has 1 fully saturated rings. The van der Waals surface area contributed by atoms with E-state index in [0.717, 1.165) is 53.6 Å². The van der Waals surface area contributed by atoms with Gasteiger partial charge in [0, 0.05) is 40.7 Å². The summed E-state index contributed by atoms with van der Waals surface area (Å²) in [5.41, 5.74) is 5.36. The number of hydrogen-bond acceptors (Lipinski definition) is 2. The maximum atomic E-state index is 13.9. The highest BCUT2D eigenvalue weighted by Gasteiger charge is 2.30. The molecule has 4 rings (SSSR count). The van der Waals surface area contributed by atoms with Crippen LogP contribution in [-0.4, -0.2) is 44.9 Å². The Morgan fingerprint density at radius 2 is 1.72 bits per heavy atom. The van der Waals surface area contributed by atoms with Gasteiger partial charge in [-0.05, 0) is 93.6 Å². The molecule has 1 aromatic heterocycles. The standard InChI is InChI=1S/C32H41BrN4O2/c1-23(2)36(32(39)34-28-17-12-24(3)25(4)19-28)22-31(38)37(29-9-6-5-7-10-29)21-30-11-8-18-35(30)20-26-13-15-27(33)16-14-26/h8,11-19,23,29H,5-7,9-10,20-22H2,1-4H3,(H,34,39). The number of nitrogens with one attached hydrogen (secondary N) is 1. The lowest BCUT2D eigenvalue weighted by atomic mass is 9.94. The summed E-state index contributed by atoms with van der Waals surface area (Å²) >= 11 is 3.51. The van der Waals surface area contributed by atoms with Crippen LogP contribution >= 0.6 is 15.9 Å². The number of anilines is 1. The predicted octanol–water partition coefficient (Wildman–Crippen LogP) is 7.52. The summed E-state index contributed by atoms with van der Waals surface area (Å²) in [6.45, 7) is 9.34. The molecule has 0 unspecified atom stereocenters. The molecule has 7 heteroatoms. The molecule has 1 aliphatic carbocycles. The van der Waals surface area contributed by atoms with E-state index in [9.17, 15) is 9.59 Å². The highest BCUT2D eigenvalue weighted by atomic mass is 79.9. The van der Waals surface area contributed by atoms with Gasteiger partial charge in [-0.25, -0.2) is 4.79 Å². The van der Waals surface area contributed by atoms with Crippen LogP contribution in [0.25, 0.3) is 0 Å². The Morgan fingerprint density at radius 3 is 2.38 bits per heavy atom. The lowest BCUT2D eigenvalue weighted by molar-refractivity contribution is -0.136. The largest absolute Gasteiger partial charge is 0.345 e. The summed E-state index contributed by atoms with van der Waals surface area (Å²) in [5.74, 6) is 0.00206. The monoisotopic (exact) mass is 592 g/mol. The fourth-order valence-electron chi connectivity index (χ4n) is 5.26. The molecule has 0 aliphatic heterocycles. The van der Waals surface area contributed by atoms with Gasteiger partial charge in [0.25, 0.3) is 0 Å². The van der Waals surface area contributed by atoms with Crippen LogP contribution in [0.1, 0.15) is 68.3 Å². The molecule has 2 aromatic carbocycles. The molecular formula is C32H41BrN4O2. The second-order valence-corrected chi connectivity index (χ2v) is 11.9. The molecule has 0 atom stereocenters. The predicted molar refractivity (Wildman–Crippen MR) is 162 cm³/mol. The second-order valence-electron chi connectivity index (χ2n) is 11.0. The number of urea groups is 1. The van der Waals surface area contributed by atoms with Crippen molar-refractivity contribution in [3.63, 3.8) is 0 Å². The molecule has 208 valence electrons. The van der Waals surface area contributed by atoms with Crippen molar-refractivity contribution >= 4 is 33.6 Å². The third-order valence-corrected chi connectivity index (χ3v) is 8.33. The summed E-state index contributed by atoms with van der Waals surface area (Å²) in [6.07, 6.45) is 7.59. The first-order valence-corrected chi connectivity index (χ1v) is 14.8. The molecular weight excluding hydrogens is 552 g/mol. The summed E-state index contributed by atoms with van der Waals surface area (Å²) in [7, 11) is 0. The van der Waals surface area contributed by atoms with Crippen molar-refractivity contribution in [3.8, 4) is 0 Å². The first-order chi connectivity index (χ1) is 18.7. The molecule has 0 spiro atoms. The second kappa shape index (κ2) is 13.3. The molecule has 1 saturated carbocycles. The SMILES string of the molecule is Cc1ccc(NC(=O)N(CC(=O)N(Cc2cccn2Cc2ccc(Br)cc2)C2CCCCC2)C(C)C)cc1C. The van der Waals surface area contributed by atoms with Gasteiger partial charge in [-0.3, -0.25) is 4.79 Å². The molecule has 3 aromatic rings. The van der Waals surface area contributed by atoms with E-state index in [1.165, 1.54) is 17.5 Å². The smallest absolute Gasteiger partial charge is 0.322 e. The Hall–Kier alpha value is -3.06. The van der Waals surface area contributed by atoms with Crippen LogP contribution in [-0.2, 0) is 17.9 Å². The molecule has 0 saturated heterocycles. The van der Waals surface area contributed by atoms with Crippen molar-refractivity contribution < 1.29 is 9.59 Å². The van der Waals surface area contributed by atoms with E-state index in [-0.39, 0.29) is 30.6 Å². The van der Waals surface area contributed by atoms with Gasteiger partial charge in [0.15, 0.2) is 0 Å². The minimum absolute atomic E-state index is 0.00206. The van der Waals surface area contributed by atoms with Crippen molar-refractivity contribution in [1.82, 2.24) is 14.4 Å². The van der Waals surface area contributed by atoms with Crippen LogP contribution in [0.5, 0.6) is 0 Å². The number of carbonyl (C=O) groups excluding carboxylic acids is 2. The molecule has 1 aliphatic rings. The lowest BCUT2D eigenvalue weighted by Gasteiger charge is -2.37. The Morgan fingerprint density at radius 1 is 1.00 bits per heavy atom. The Balaban J connectivity index is 1.51. The van der Waals surface area contributed by atoms with Crippen LogP contribution in [0.2, 0.25) is 0 Å². The number of nitrogens with zero attached hydrogens (tertiary/aromatic N) is 3. The Kier molecular flexibility index (Phi) is 9.89. The topological polar surface area (TPSA) is 57.6 Å². The number of rotatable bonds is 9. The van der Waals surface area contributed by atoms with Gasteiger partial charge < -0.3 is 19.7 Å². The van der Waals surface area contributed by atoms with Crippen LogP contribution < -0.4 is 5.32 Å². The maximum absolute atomic E-state index is 13.9. The molecule has 0 bridgehead atoms. The summed E-state index contributed by atoms with van der Waals surface area (Å²) < 4.78 is 3.28. The highest BCUT2D eigenvalue weighted by Crippen LogP contribution is 2.25. The number of hydrogen-bond donors (Lipinski definition) is 1. The molecule has 3 amide bonds. The number of halogens is 1. The van der Waals surface area contributed by atoms with E-state index in [0.29, 0.717) is 6.54 Å². The van der Waals surface area contributed by atoms with Gasteiger partial charge in [-0.15, -0.1) is 0 Å². The fraction of sp³-hybridized carbons (Fsp3) is 0.438. The summed E-state index contributed by atoms with van der Waals surface area (Å²) in [5, 5.41) is 3.01. The number of carbonyl (C=O) groups is 2. The average Bonchev–Trinajstić information content (AvgIpc) is 3.35. The molecule has 39 heavy (non-hydrogen) atoms. The van der Waals surface area contributed by atoms with Gasteiger partial charge in [0.05, 0.1) is 6.54 Å². The first-order valence-electron chi connectivity index (χ1n) is 14.0. The van der Waals surface area contributed by atoms with Crippen molar-refractivity contribution in [3.05, 3.63) is 87.7 Å². The van der Waals surface area contributed by atoms with Gasteiger partial charge in [0.2, 0.25) is 5.91 Å². The van der Waals surface area contributed by atoms with E-state index in [1.807, 2.05) is 43.9 Å². The summed E-state index contributed by atoms with van der Waals surface area (Å²) in [6, 6.07) is 18.2. The molecule has 1 heterocycles. The zero-order chi connectivity index (χ0) is 27.9. The van der Waals surface area contributed by atoms with Crippen LogP contribution in [0.15, 0.2) is 65.3 Å². The Bertz CT molecular complexity index is 1260. The van der Waals surface area contributed by atoms with Gasteiger partial charge in [0.1, 0.15) is 6.54 Å². The van der Waals surface area contributed by atoms with Crippen molar-refractivity contribution in [2.45, 2.75) is 85.0 Å². The number of amides is 3. The zero-order valence-electron chi connectivity index (χ0n) is 23.6. The van der Waals surface area contributed by atoms with Crippen molar-refractivity contribution in [2.24, 2.45) is 0 Å². The fourth-order valence-corrected chi connectivity index (χ4v) is 5.53. The van der Waals surface area contributed by atoms with E-state index in [4.69, 9.17) is 0 Å². The Labute approximate surface area is 241 Å². The van der Waals surface area contributed by atoms with Crippen LogP contribution in [0.3, 0.4) is 0 Å². The van der Waals surface area contributed by atoms with Crippen molar-refractivity contribution in [2.75, 3.05) is 11.9 Å². The number of aromatic nitrogens is 1. The van der Waals surface area contributed by atoms with Gasteiger partial charge in [-0.2, -0.15) is 0 Å². The highest BCUT2D eigenvalue weighted by molar-refractivity contribution is 9.10. The van der Waals surface area contributed by atoms with Gasteiger partial charge in [-0.1, -0.05) is 53.4 Å². The summed E-state index contributed by atoms with van der Waals surface area (Å²) in [4.78, 5) is 30.9. The maximum Gasteiger partial charge on any atom is 0.322 e.